The Labute approximate surface area is 198 Å². The van der Waals surface area contributed by atoms with Gasteiger partial charge in [-0.2, -0.15) is 5.10 Å². The van der Waals surface area contributed by atoms with Crippen molar-refractivity contribution in [3.8, 4) is 0 Å². The van der Waals surface area contributed by atoms with Crippen molar-refractivity contribution in [2.24, 2.45) is 5.10 Å². The maximum absolute atomic E-state index is 12.0. The van der Waals surface area contributed by atoms with Crippen LogP contribution in [0.1, 0.15) is 102 Å². The second kappa shape index (κ2) is 16.9. The van der Waals surface area contributed by atoms with Crippen LogP contribution in [0.3, 0.4) is 0 Å². The molecule has 1 aromatic rings. The molecule has 0 radical (unpaired) electrons. The minimum absolute atomic E-state index is 0.0170. The van der Waals surface area contributed by atoms with E-state index in [-0.39, 0.29) is 16.5 Å². The third kappa shape index (κ3) is 13.7. The largest absolute Gasteiger partial charge is 0.288 e. The number of nitrogens with one attached hydrogen (secondary N) is 1. The number of halogens is 1. The third-order valence-corrected chi connectivity index (χ3v) is 6.87. The minimum Gasteiger partial charge on any atom is -0.258 e. The van der Waals surface area contributed by atoms with Crippen LogP contribution in [0.5, 0.6) is 0 Å². The van der Waals surface area contributed by atoms with E-state index in [1.54, 1.807) is 0 Å². The average Bonchev–Trinajstić information content (AvgIpc) is 2.75. The number of unbranched alkanes of at least 4 members (excludes halogenated alkanes) is 13. The monoisotopic (exact) mass is 487 g/mol. The molecule has 7 nitrogen and oxygen atoms in total. The molecule has 1 aromatic carbocycles. The fourth-order valence-corrected chi connectivity index (χ4v) is 4.54. The molecule has 0 saturated carbocycles. The summed E-state index contributed by atoms with van der Waals surface area (Å²) in [5, 5.41) is 14.6. The van der Waals surface area contributed by atoms with Gasteiger partial charge in [-0.1, -0.05) is 108 Å². The molecule has 0 unspecified atom stereocenters. The number of nitro benzene ring substituents is 1. The Morgan fingerprint density at radius 3 is 1.94 bits per heavy atom. The number of rotatable bonds is 19. The zero-order chi connectivity index (χ0) is 23.7. The first-order valence-electron chi connectivity index (χ1n) is 11.8. The number of sulfonamides is 1. The van der Waals surface area contributed by atoms with Gasteiger partial charge in [0.05, 0.1) is 16.9 Å². The summed E-state index contributed by atoms with van der Waals surface area (Å²) in [7, 11) is -3.51. The first-order chi connectivity index (χ1) is 15.4. The molecular formula is C23H38ClN3O4S. The summed E-state index contributed by atoms with van der Waals surface area (Å²) in [5.74, 6) is 0.0170. The van der Waals surface area contributed by atoms with Crippen molar-refractivity contribution in [2.75, 3.05) is 5.75 Å². The zero-order valence-electron chi connectivity index (χ0n) is 19.2. The van der Waals surface area contributed by atoms with Crippen molar-refractivity contribution in [2.45, 2.75) is 96.8 Å². The summed E-state index contributed by atoms with van der Waals surface area (Å²) in [4.78, 5) is 12.4. The molecule has 0 amide bonds. The van der Waals surface area contributed by atoms with Crippen molar-refractivity contribution < 1.29 is 13.3 Å². The Morgan fingerprint density at radius 1 is 0.938 bits per heavy atom. The van der Waals surface area contributed by atoms with E-state index in [1.807, 2.05) is 0 Å². The highest BCUT2D eigenvalue weighted by atomic mass is 35.5. The fourth-order valence-electron chi connectivity index (χ4n) is 3.46. The maximum atomic E-state index is 12.0. The Kier molecular flexibility index (Phi) is 15.0. The molecule has 0 bridgehead atoms. The van der Waals surface area contributed by atoms with Crippen molar-refractivity contribution in [1.29, 1.82) is 0 Å². The molecule has 0 spiro atoms. The second-order valence-corrected chi connectivity index (χ2v) is 10.5. The Morgan fingerprint density at radius 2 is 1.44 bits per heavy atom. The number of nitro groups is 1. The van der Waals surface area contributed by atoms with E-state index in [1.165, 1.54) is 88.6 Å². The molecule has 0 aliphatic carbocycles. The average molecular weight is 488 g/mol. The van der Waals surface area contributed by atoms with Crippen LogP contribution in [-0.2, 0) is 10.0 Å². The molecule has 1 N–H and O–H groups in total. The Bertz CT molecular complexity index is 800. The molecule has 1 rings (SSSR count). The molecule has 0 heterocycles. The van der Waals surface area contributed by atoms with Gasteiger partial charge < -0.3 is 0 Å². The quantitative estimate of drug-likeness (QED) is 0.0983. The molecule has 32 heavy (non-hydrogen) atoms. The van der Waals surface area contributed by atoms with E-state index in [0.717, 1.165) is 19.3 Å². The van der Waals surface area contributed by atoms with Gasteiger partial charge in [-0.3, -0.25) is 10.1 Å². The number of nitrogens with zero attached hydrogens (tertiary/aromatic N) is 2. The topological polar surface area (TPSA) is 102 Å². The minimum atomic E-state index is -3.51. The van der Waals surface area contributed by atoms with Crippen LogP contribution in [-0.4, -0.2) is 25.3 Å². The van der Waals surface area contributed by atoms with Gasteiger partial charge in [0.1, 0.15) is 5.02 Å². The number of hydrazone groups is 1. The molecule has 0 aliphatic heterocycles. The second-order valence-electron chi connectivity index (χ2n) is 8.23. The zero-order valence-corrected chi connectivity index (χ0v) is 20.8. The molecular weight excluding hydrogens is 450 g/mol. The summed E-state index contributed by atoms with van der Waals surface area (Å²) in [5.41, 5.74) is 0.140. The van der Waals surface area contributed by atoms with Gasteiger partial charge in [0.2, 0.25) is 10.0 Å². The van der Waals surface area contributed by atoms with Gasteiger partial charge in [-0.15, -0.1) is 0 Å². The third-order valence-electron chi connectivity index (χ3n) is 5.34. The van der Waals surface area contributed by atoms with Gasteiger partial charge in [0.15, 0.2) is 0 Å². The first-order valence-corrected chi connectivity index (χ1v) is 13.8. The smallest absolute Gasteiger partial charge is 0.258 e. The Balaban J connectivity index is 2.09. The normalized spacial score (nSPS) is 11.8. The standard InChI is InChI=1S/C23H38ClN3O4S/c1-2-3-4-5-6-7-8-9-10-11-12-13-14-15-18-32(30,31)26-25-20-21-16-17-22(24)23(19-21)27(28)29/h16-17,19-20,26H,2-15,18H2,1H3/b25-20+. The molecule has 0 aromatic heterocycles. The van der Waals surface area contributed by atoms with E-state index in [0.29, 0.717) is 12.0 Å². The van der Waals surface area contributed by atoms with Gasteiger partial charge in [-0.25, -0.2) is 13.2 Å². The summed E-state index contributed by atoms with van der Waals surface area (Å²) in [6, 6.07) is 4.15. The van der Waals surface area contributed by atoms with Crippen LogP contribution >= 0.6 is 11.6 Å². The highest BCUT2D eigenvalue weighted by Crippen LogP contribution is 2.24. The predicted molar refractivity (Wildman–Crippen MR) is 133 cm³/mol. The summed E-state index contributed by atoms with van der Waals surface area (Å²) >= 11 is 5.75. The van der Waals surface area contributed by atoms with Crippen LogP contribution < -0.4 is 4.83 Å². The lowest BCUT2D eigenvalue weighted by Gasteiger charge is -2.04. The van der Waals surface area contributed by atoms with Gasteiger partial charge in [0, 0.05) is 11.6 Å². The molecule has 0 fully saturated rings. The lowest BCUT2D eigenvalue weighted by atomic mass is 10.0. The summed E-state index contributed by atoms with van der Waals surface area (Å²) < 4.78 is 24.0. The fraction of sp³-hybridized carbons (Fsp3) is 0.696. The Hall–Kier alpha value is -1.67. The van der Waals surface area contributed by atoms with Gasteiger partial charge in [-0.05, 0) is 12.5 Å². The van der Waals surface area contributed by atoms with E-state index >= 15 is 0 Å². The van der Waals surface area contributed by atoms with Crippen LogP contribution in [0.4, 0.5) is 5.69 Å². The van der Waals surface area contributed by atoms with Crippen LogP contribution in [0.15, 0.2) is 23.3 Å². The lowest BCUT2D eigenvalue weighted by Crippen LogP contribution is -2.21. The number of benzene rings is 1. The SMILES string of the molecule is CCCCCCCCCCCCCCCCS(=O)(=O)N/N=C/c1ccc(Cl)c([N+](=O)[O-])c1. The van der Waals surface area contributed by atoms with Crippen molar-refractivity contribution >= 4 is 33.5 Å². The summed E-state index contributed by atoms with van der Waals surface area (Å²) in [6.07, 6.45) is 18.2. The first kappa shape index (κ1) is 28.4. The van der Waals surface area contributed by atoms with E-state index < -0.39 is 14.9 Å². The van der Waals surface area contributed by atoms with Crippen LogP contribution in [0.2, 0.25) is 5.02 Å². The van der Waals surface area contributed by atoms with Crippen LogP contribution in [0.25, 0.3) is 0 Å². The van der Waals surface area contributed by atoms with Gasteiger partial charge >= 0.3 is 0 Å². The highest BCUT2D eigenvalue weighted by Gasteiger charge is 2.12. The molecule has 9 heteroatoms. The molecule has 0 aliphatic rings. The molecule has 0 saturated heterocycles. The number of hydrogen-bond donors (Lipinski definition) is 1. The number of hydrogen-bond acceptors (Lipinski definition) is 5. The van der Waals surface area contributed by atoms with E-state index in [9.17, 15) is 18.5 Å². The summed E-state index contributed by atoms with van der Waals surface area (Å²) in [6.45, 7) is 2.24. The van der Waals surface area contributed by atoms with Crippen molar-refractivity contribution in [3.05, 3.63) is 38.9 Å². The van der Waals surface area contributed by atoms with Crippen molar-refractivity contribution in [1.82, 2.24) is 4.83 Å². The van der Waals surface area contributed by atoms with E-state index in [2.05, 4.69) is 16.9 Å². The highest BCUT2D eigenvalue weighted by molar-refractivity contribution is 7.89. The molecule has 182 valence electrons. The van der Waals surface area contributed by atoms with Crippen LogP contribution in [0, 0.1) is 10.1 Å². The van der Waals surface area contributed by atoms with Gasteiger partial charge in [0.25, 0.3) is 5.69 Å². The predicted octanol–water partition coefficient (Wildman–Crippen LogP) is 6.98. The van der Waals surface area contributed by atoms with Crippen molar-refractivity contribution in [3.63, 3.8) is 0 Å². The lowest BCUT2D eigenvalue weighted by molar-refractivity contribution is -0.384. The maximum Gasteiger partial charge on any atom is 0.288 e. The van der Waals surface area contributed by atoms with E-state index in [4.69, 9.17) is 11.6 Å². The molecule has 0 atom stereocenters.